The molecule has 1 saturated carbocycles. The Balaban J connectivity index is 2.37. The third kappa shape index (κ3) is 3.37. The molecule has 1 aliphatic carbocycles. The van der Waals surface area contributed by atoms with Gasteiger partial charge in [-0.15, -0.1) is 0 Å². The summed E-state index contributed by atoms with van der Waals surface area (Å²) in [7, 11) is 1.12. The molecule has 0 amide bonds. The van der Waals surface area contributed by atoms with Crippen LogP contribution in [-0.4, -0.2) is 24.4 Å². The number of benzene rings is 1. The lowest BCUT2D eigenvalue weighted by molar-refractivity contribution is -0.133. The number of nitrogens with zero attached hydrogens (tertiary/aromatic N) is 1. The lowest BCUT2D eigenvalue weighted by Gasteiger charge is -2.21. The maximum absolute atomic E-state index is 13.8. The van der Waals surface area contributed by atoms with Gasteiger partial charge in [-0.3, -0.25) is 0 Å². The quantitative estimate of drug-likeness (QED) is 0.487. The van der Waals surface area contributed by atoms with E-state index in [1.165, 1.54) is 6.07 Å². The molecule has 0 unspecified atom stereocenters. The van der Waals surface area contributed by atoms with Crippen molar-refractivity contribution in [1.82, 2.24) is 0 Å². The van der Waals surface area contributed by atoms with Crippen LogP contribution in [0.3, 0.4) is 0 Å². The average molecular weight is 297 g/mol. The minimum atomic E-state index is -0.944. The van der Waals surface area contributed by atoms with Gasteiger partial charge < -0.3 is 9.57 Å². The van der Waals surface area contributed by atoms with Crippen LogP contribution in [0.15, 0.2) is 23.4 Å². The maximum atomic E-state index is 13.8. The summed E-state index contributed by atoms with van der Waals surface area (Å²) in [6.07, 6.45) is 3.55. The molecule has 4 nitrogen and oxygen atoms in total. The molecule has 114 valence electrons. The van der Waals surface area contributed by atoms with Crippen molar-refractivity contribution >= 4 is 11.7 Å². The fourth-order valence-corrected chi connectivity index (χ4v) is 2.38. The minimum absolute atomic E-state index is 0.499. The summed E-state index contributed by atoms with van der Waals surface area (Å²) in [4.78, 5) is 17.2. The Labute approximate surface area is 121 Å². The highest BCUT2D eigenvalue weighted by atomic mass is 19.1. The molecular formula is C15H17F2NO3. The van der Waals surface area contributed by atoms with Gasteiger partial charge in [-0.1, -0.05) is 11.2 Å². The van der Waals surface area contributed by atoms with Crippen molar-refractivity contribution in [3.05, 3.63) is 35.4 Å². The summed E-state index contributed by atoms with van der Waals surface area (Å²) in [5, 5.41) is 3.70. The van der Waals surface area contributed by atoms with Crippen LogP contribution in [0.25, 0.3) is 0 Å². The zero-order chi connectivity index (χ0) is 15.5. The molecule has 1 fully saturated rings. The van der Waals surface area contributed by atoms with E-state index in [0.717, 1.165) is 44.9 Å². The Bertz CT molecular complexity index is 546. The lowest BCUT2D eigenvalue weighted by Crippen LogP contribution is -2.26. The Morgan fingerprint density at radius 2 is 1.81 bits per heavy atom. The highest BCUT2D eigenvalue weighted by molar-refractivity contribution is 6.43. The standard InChI is InChI=1S/C15H17F2NO3/c1-15(8-3-4-9-15)21-18-13(14(19)20-2)12-10(16)6-5-7-11(12)17/h5-7H,3-4,8-9H2,1-2H3/b18-13-. The molecule has 1 aromatic carbocycles. The van der Waals surface area contributed by atoms with Gasteiger partial charge in [0.15, 0.2) is 0 Å². The third-order valence-corrected chi connectivity index (χ3v) is 3.60. The van der Waals surface area contributed by atoms with E-state index >= 15 is 0 Å². The van der Waals surface area contributed by atoms with Crippen molar-refractivity contribution in [2.24, 2.45) is 5.16 Å². The van der Waals surface area contributed by atoms with Crippen LogP contribution in [0.1, 0.15) is 38.2 Å². The van der Waals surface area contributed by atoms with Crippen LogP contribution >= 0.6 is 0 Å². The van der Waals surface area contributed by atoms with Crippen LogP contribution in [0.5, 0.6) is 0 Å². The van der Waals surface area contributed by atoms with Crippen molar-refractivity contribution in [3.8, 4) is 0 Å². The number of hydrogen-bond donors (Lipinski definition) is 0. The van der Waals surface area contributed by atoms with E-state index in [1.807, 2.05) is 6.92 Å². The number of oxime groups is 1. The summed E-state index contributed by atoms with van der Waals surface area (Å²) >= 11 is 0. The molecule has 0 N–H and O–H groups in total. The summed E-state index contributed by atoms with van der Waals surface area (Å²) in [5.74, 6) is -2.72. The number of esters is 1. The molecule has 21 heavy (non-hydrogen) atoms. The van der Waals surface area contributed by atoms with Crippen molar-refractivity contribution in [2.45, 2.75) is 38.2 Å². The van der Waals surface area contributed by atoms with E-state index in [9.17, 15) is 13.6 Å². The van der Waals surface area contributed by atoms with Gasteiger partial charge in [-0.25, -0.2) is 13.6 Å². The van der Waals surface area contributed by atoms with Crippen LogP contribution in [-0.2, 0) is 14.4 Å². The number of halogens is 2. The minimum Gasteiger partial charge on any atom is -0.464 e. The molecular weight excluding hydrogens is 280 g/mol. The fraction of sp³-hybridized carbons (Fsp3) is 0.467. The molecule has 0 radical (unpaired) electrons. The lowest BCUT2D eigenvalue weighted by atomic mass is 10.1. The summed E-state index contributed by atoms with van der Waals surface area (Å²) in [6.45, 7) is 1.86. The predicted octanol–water partition coefficient (Wildman–Crippen LogP) is 3.19. The van der Waals surface area contributed by atoms with Crippen molar-refractivity contribution in [3.63, 3.8) is 0 Å². The van der Waals surface area contributed by atoms with Crippen LogP contribution in [0, 0.1) is 11.6 Å². The number of carbonyl (C=O) groups excluding carboxylic acids is 1. The zero-order valence-corrected chi connectivity index (χ0v) is 12.0. The second-order valence-corrected chi connectivity index (χ2v) is 5.28. The van der Waals surface area contributed by atoms with E-state index in [-0.39, 0.29) is 0 Å². The van der Waals surface area contributed by atoms with E-state index in [2.05, 4.69) is 9.89 Å². The van der Waals surface area contributed by atoms with E-state index in [4.69, 9.17) is 4.84 Å². The van der Waals surface area contributed by atoms with E-state index in [1.54, 1.807) is 0 Å². The molecule has 0 aromatic heterocycles. The second-order valence-electron chi connectivity index (χ2n) is 5.28. The van der Waals surface area contributed by atoms with Gasteiger partial charge in [0.2, 0.25) is 5.71 Å². The number of hydrogen-bond acceptors (Lipinski definition) is 4. The average Bonchev–Trinajstić information content (AvgIpc) is 2.88. The van der Waals surface area contributed by atoms with E-state index in [0.29, 0.717) is 0 Å². The Hall–Kier alpha value is -1.98. The van der Waals surface area contributed by atoms with Gasteiger partial charge in [0, 0.05) is 0 Å². The number of ether oxygens (including phenoxy) is 1. The third-order valence-electron chi connectivity index (χ3n) is 3.60. The summed E-state index contributed by atoms with van der Waals surface area (Å²) in [6, 6.07) is 3.31. The highest BCUT2D eigenvalue weighted by Gasteiger charge is 2.32. The topological polar surface area (TPSA) is 47.9 Å². The Kier molecular flexibility index (Phi) is 4.55. The molecule has 0 atom stereocenters. The van der Waals surface area contributed by atoms with Crippen LogP contribution in [0.2, 0.25) is 0 Å². The van der Waals surface area contributed by atoms with Crippen LogP contribution in [0.4, 0.5) is 8.78 Å². The first-order valence-electron chi connectivity index (χ1n) is 6.76. The van der Waals surface area contributed by atoms with Crippen molar-refractivity contribution in [1.29, 1.82) is 0 Å². The van der Waals surface area contributed by atoms with Gasteiger partial charge >= 0.3 is 5.97 Å². The van der Waals surface area contributed by atoms with Crippen molar-refractivity contribution < 1.29 is 23.1 Å². The van der Waals surface area contributed by atoms with Crippen LogP contribution < -0.4 is 0 Å². The first kappa shape index (κ1) is 15.4. The largest absolute Gasteiger partial charge is 0.464 e. The zero-order valence-electron chi connectivity index (χ0n) is 12.0. The molecule has 1 aromatic rings. The molecule has 0 bridgehead atoms. The first-order valence-corrected chi connectivity index (χ1v) is 6.76. The fourth-order valence-electron chi connectivity index (χ4n) is 2.38. The maximum Gasteiger partial charge on any atom is 0.360 e. The smallest absolute Gasteiger partial charge is 0.360 e. The number of rotatable bonds is 4. The van der Waals surface area contributed by atoms with Crippen molar-refractivity contribution in [2.75, 3.05) is 7.11 Å². The summed E-state index contributed by atoms with van der Waals surface area (Å²) < 4.78 is 32.2. The van der Waals surface area contributed by atoms with Gasteiger partial charge in [0.05, 0.1) is 12.7 Å². The van der Waals surface area contributed by atoms with Gasteiger partial charge in [0.1, 0.15) is 17.2 Å². The predicted molar refractivity (Wildman–Crippen MR) is 72.9 cm³/mol. The molecule has 0 saturated heterocycles. The molecule has 0 heterocycles. The Morgan fingerprint density at radius 1 is 1.24 bits per heavy atom. The van der Waals surface area contributed by atoms with E-state index < -0.39 is 34.5 Å². The second kappa shape index (κ2) is 6.20. The number of methoxy groups -OCH3 is 1. The normalized spacial score (nSPS) is 17.6. The van der Waals surface area contributed by atoms with Gasteiger partial charge in [0.25, 0.3) is 0 Å². The monoisotopic (exact) mass is 297 g/mol. The molecule has 0 aliphatic heterocycles. The van der Waals surface area contributed by atoms with Gasteiger partial charge in [-0.2, -0.15) is 0 Å². The highest BCUT2D eigenvalue weighted by Crippen LogP contribution is 2.33. The Morgan fingerprint density at radius 3 is 2.33 bits per heavy atom. The SMILES string of the molecule is COC(=O)/C(=N\OC1(C)CCCC1)c1c(F)cccc1F. The molecule has 6 heteroatoms. The molecule has 0 spiro atoms. The first-order chi connectivity index (χ1) is 9.97. The molecule has 2 rings (SSSR count). The number of carbonyl (C=O) groups is 1. The summed E-state index contributed by atoms with van der Waals surface area (Å²) in [5.41, 5.74) is -1.55. The molecule has 1 aliphatic rings. The van der Waals surface area contributed by atoms with Gasteiger partial charge in [-0.05, 0) is 44.7 Å².